The Bertz CT molecular complexity index is 165. The van der Waals surface area contributed by atoms with Crippen LogP contribution >= 0.6 is 11.8 Å². The second-order valence-corrected chi connectivity index (χ2v) is 4.48. The van der Waals surface area contributed by atoms with Gasteiger partial charge >= 0.3 is 0 Å². The van der Waals surface area contributed by atoms with E-state index in [1.165, 1.54) is 31.4 Å². The first-order valence-corrected chi connectivity index (χ1v) is 6.86. The van der Waals surface area contributed by atoms with E-state index in [2.05, 4.69) is 16.7 Å². The maximum Gasteiger partial charge on any atom is 0.140 e. The fourth-order valence-corrected chi connectivity index (χ4v) is 1.73. The van der Waals surface area contributed by atoms with Gasteiger partial charge in [-0.05, 0) is 31.4 Å². The summed E-state index contributed by atoms with van der Waals surface area (Å²) in [5.41, 5.74) is 5.33. The van der Waals surface area contributed by atoms with Gasteiger partial charge in [0.2, 0.25) is 0 Å². The quantitative estimate of drug-likeness (QED) is 0.176. The first-order valence-electron chi connectivity index (χ1n) is 5.47. The fraction of sp³-hybridized carbons (Fsp3) is 0.900. The van der Waals surface area contributed by atoms with Crippen LogP contribution in [-0.4, -0.2) is 36.1 Å². The summed E-state index contributed by atoms with van der Waals surface area (Å²) in [5, 5.41) is 14.5. The van der Waals surface area contributed by atoms with Crippen molar-refractivity contribution >= 4 is 17.6 Å². The van der Waals surface area contributed by atoms with Crippen LogP contribution in [0, 0.1) is 0 Å². The van der Waals surface area contributed by atoms with E-state index in [0.29, 0.717) is 12.3 Å². The highest BCUT2D eigenvalue weighted by atomic mass is 32.2. The van der Waals surface area contributed by atoms with Crippen molar-refractivity contribution in [1.29, 1.82) is 0 Å². The maximum absolute atomic E-state index is 8.29. The Balaban J connectivity index is 2.99. The number of hydrogen-bond donors (Lipinski definition) is 3. The summed E-state index contributed by atoms with van der Waals surface area (Å²) in [6.07, 6.45) is 7.91. The number of nitrogens with two attached hydrogens (primary N) is 1. The molecule has 0 aromatic heterocycles. The van der Waals surface area contributed by atoms with Crippen molar-refractivity contribution in [2.45, 2.75) is 32.1 Å². The second-order valence-electron chi connectivity index (χ2n) is 3.50. The molecule has 90 valence electrons. The SMILES string of the molecule is CSCCCCCCNCCC(N)=NO. The molecule has 0 aliphatic rings. The van der Waals surface area contributed by atoms with E-state index >= 15 is 0 Å². The lowest BCUT2D eigenvalue weighted by Crippen LogP contribution is -2.23. The lowest BCUT2D eigenvalue weighted by atomic mass is 10.2. The van der Waals surface area contributed by atoms with Crippen LogP contribution in [0.25, 0.3) is 0 Å². The summed E-state index contributed by atoms with van der Waals surface area (Å²) in [7, 11) is 0. The molecule has 0 rings (SSSR count). The van der Waals surface area contributed by atoms with Gasteiger partial charge in [-0.3, -0.25) is 0 Å². The molecule has 0 unspecified atom stereocenters. The Morgan fingerprint density at radius 2 is 2.00 bits per heavy atom. The van der Waals surface area contributed by atoms with Crippen LogP contribution in [0.2, 0.25) is 0 Å². The smallest absolute Gasteiger partial charge is 0.140 e. The molecule has 0 bridgehead atoms. The number of thioether (sulfide) groups is 1. The number of nitrogens with zero attached hydrogens (tertiary/aromatic N) is 1. The minimum Gasteiger partial charge on any atom is -0.409 e. The van der Waals surface area contributed by atoms with E-state index in [-0.39, 0.29) is 0 Å². The van der Waals surface area contributed by atoms with Gasteiger partial charge in [0.15, 0.2) is 0 Å². The molecule has 0 amide bonds. The molecule has 4 nitrogen and oxygen atoms in total. The van der Waals surface area contributed by atoms with Crippen molar-refractivity contribution in [3.8, 4) is 0 Å². The normalized spacial score (nSPS) is 11.9. The third-order valence-corrected chi connectivity index (χ3v) is 2.84. The first kappa shape index (κ1) is 14.6. The summed E-state index contributed by atoms with van der Waals surface area (Å²) in [5.74, 6) is 1.57. The molecule has 0 radical (unpaired) electrons. The topological polar surface area (TPSA) is 70.6 Å². The number of oxime groups is 1. The Morgan fingerprint density at radius 3 is 2.67 bits per heavy atom. The molecular weight excluding hydrogens is 210 g/mol. The van der Waals surface area contributed by atoms with Gasteiger partial charge in [0.1, 0.15) is 5.84 Å². The molecule has 0 saturated carbocycles. The zero-order valence-corrected chi connectivity index (χ0v) is 10.4. The van der Waals surface area contributed by atoms with E-state index < -0.39 is 0 Å². The van der Waals surface area contributed by atoms with Crippen molar-refractivity contribution in [1.82, 2.24) is 5.32 Å². The molecule has 0 saturated heterocycles. The highest BCUT2D eigenvalue weighted by molar-refractivity contribution is 7.98. The van der Waals surface area contributed by atoms with Crippen molar-refractivity contribution in [2.24, 2.45) is 10.9 Å². The molecule has 0 aliphatic heterocycles. The molecule has 0 fully saturated rings. The van der Waals surface area contributed by atoms with Crippen molar-refractivity contribution in [3.05, 3.63) is 0 Å². The van der Waals surface area contributed by atoms with Gasteiger partial charge in [-0.25, -0.2) is 0 Å². The fourth-order valence-electron chi connectivity index (χ4n) is 1.24. The average molecular weight is 233 g/mol. The number of rotatable bonds is 10. The van der Waals surface area contributed by atoms with E-state index in [9.17, 15) is 0 Å². The lowest BCUT2D eigenvalue weighted by Gasteiger charge is -2.03. The number of amidine groups is 1. The van der Waals surface area contributed by atoms with E-state index in [1.54, 1.807) is 0 Å². The number of unbranched alkanes of at least 4 members (excludes halogenated alkanes) is 3. The van der Waals surface area contributed by atoms with Crippen LogP contribution in [0.1, 0.15) is 32.1 Å². The molecular formula is C10H23N3OS. The molecule has 0 aliphatic carbocycles. The second kappa shape index (κ2) is 11.7. The van der Waals surface area contributed by atoms with Crippen LogP contribution < -0.4 is 11.1 Å². The van der Waals surface area contributed by atoms with Gasteiger partial charge in [0, 0.05) is 13.0 Å². The summed E-state index contributed by atoms with van der Waals surface area (Å²) >= 11 is 1.91. The van der Waals surface area contributed by atoms with Gasteiger partial charge in [-0.15, -0.1) is 0 Å². The zero-order valence-electron chi connectivity index (χ0n) is 9.54. The van der Waals surface area contributed by atoms with E-state index in [1.807, 2.05) is 11.8 Å². The predicted molar refractivity (Wildman–Crippen MR) is 67.7 cm³/mol. The molecule has 0 atom stereocenters. The lowest BCUT2D eigenvalue weighted by molar-refractivity contribution is 0.316. The van der Waals surface area contributed by atoms with Gasteiger partial charge in [0.05, 0.1) is 0 Å². The largest absolute Gasteiger partial charge is 0.409 e. The summed E-state index contributed by atoms with van der Waals surface area (Å²) in [6.45, 7) is 1.82. The number of nitrogens with one attached hydrogen (secondary N) is 1. The Labute approximate surface area is 96.7 Å². The molecule has 5 heteroatoms. The third-order valence-electron chi connectivity index (χ3n) is 2.14. The molecule has 0 spiro atoms. The van der Waals surface area contributed by atoms with Crippen molar-refractivity contribution in [3.63, 3.8) is 0 Å². The third kappa shape index (κ3) is 11.5. The summed E-state index contributed by atoms with van der Waals surface area (Å²) in [4.78, 5) is 0. The average Bonchev–Trinajstić information content (AvgIpc) is 2.26. The van der Waals surface area contributed by atoms with E-state index in [0.717, 1.165) is 13.1 Å². The van der Waals surface area contributed by atoms with Crippen LogP contribution in [0.5, 0.6) is 0 Å². The number of hydrogen-bond acceptors (Lipinski definition) is 4. The monoisotopic (exact) mass is 233 g/mol. The van der Waals surface area contributed by atoms with Gasteiger partial charge < -0.3 is 16.3 Å². The van der Waals surface area contributed by atoms with Crippen LogP contribution in [-0.2, 0) is 0 Å². The Hall–Kier alpha value is -0.420. The minimum atomic E-state index is 0.294. The van der Waals surface area contributed by atoms with Gasteiger partial charge in [-0.2, -0.15) is 11.8 Å². The van der Waals surface area contributed by atoms with Gasteiger partial charge in [-0.1, -0.05) is 18.0 Å². The predicted octanol–water partition coefficient (Wildman–Crippen LogP) is 1.64. The van der Waals surface area contributed by atoms with E-state index in [4.69, 9.17) is 10.9 Å². The van der Waals surface area contributed by atoms with Crippen molar-refractivity contribution in [2.75, 3.05) is 25.1 Å². The highest BCUT2D eigenvalue weighted by Gasteiger charge is 1.93. The minimum absolute atomic E-state index is 0.294. The Morgan fingerprint density at radius 1 is 1.27 bits per heavy atom. The van der Waals surface area contributed by atoms with Crippen LogP contribution in [0.4, 0.5) is 0 Å². The van der Waals surface area contributed by atoms with Crippen LogP contribution in [0.15, 0.2) is 5.16 Å². The van der Waals surface area contributed by atoms with Crippen molar-refractivity contribution < 1.29 is 5.21 Å². The van der Waals surface area contributed by atoms with Gasteiger partial charge in [0.25, 0.3) is 0 Å². The molecule has 15 heavy (non-hydrogen) atoms. The standard InChI is InChI=1S/C10H23N3OS/c1-15-9-5-3-2-4-7-12-8-6-10(11)13-14/h12,14H,2-9H2,1H3,(H2,11,13). The summed E-state index contributed by atoms with van der Waals surface area (Å²) in [6, 6.07) is 0. The molecule has 0 aromatic carbocycles. The molecule has 4 N–H and O–H groups in total. The molecule has 0 aromatic rings. The zero-order chi connectivity index (χ0) is 11.4. The highest BCUT2D eigenvalue weighted by Crippen LogP contribution is 2.03. The molecule has 0 heterocycles. The maximum atomic E-state index is 8.29. The van der Waals surface area contributed by atoms with Crippen LogP contribution in [0.3, 0.4) is 0 Å². The first-order chi connectivity index (χ1) is 7.31. The summed E-state index contributed by atoms with van der Waals surface area (Å²) < 4.78 is 0. The Kier molecular flexibility index (Phi) is 11.3.